The second-order valence-corrected chi connectivity index (χ2v) is 7.07. The van der Waals surface area contributed by atoms with Crippen LogP contribution >= 0.6 is 0 Å². The molecular weight excluding hydrogens is 375 g/mol. The molecule has 1 aromatic heterocycles. The van der Waals surface area contributed by atoms with E-state index in [9.17, 15) is 17.6 Å². The van der Waals surface area contributed by atoms with Crippen molar-refractivity contribution in [1.29, 1.82) is 0 Å². The van der Waals surface area contributed by atoms with Crippen LogP contribution in [0, 0.1) is 5.82 Å². The number of primary sulfonamides is 1. The molecule has 0 radical (unpaired) electrons. The molecule has 0 aliphatic rings. The van der Waals surface area contributed by atoms with Crippen LogP contribution in [0.5, 0.6) is 5.75 Å². The first-order valence-electron chi connectivity index (χ1n) is 7.66. The van der Waals surface area contributed by atoms with Gasteiger partial charge in [-0.1, -0.05) is 0 Å². The molecule has 1 amide bonds. The van der Waals surface area contributed by atoms with Gasteiger partial charge in [0.25, 0.3) is 5.91 Å². The maximum atomic E-state index is 13.0. The molecule has 3 N–H and O–H groups in total. The molecule has 2 aromatic carbocycles. The predicted molar refractivity (Wildman–Crippen MR) is 96.4 cm³/mol. The van der Waals surface area contributed by atoms with Crippen LogP contribution in [0.3, 0.4) is 0 Å². The van der Waals surface area contributed by atoms with Gasteiger partial charge in [-0.2, -0.15) is 0 Å². The lowest BCUT2D eigenvalue weighted by atomic mass is 10.2. The monoisotopic (exact) mass is 390 g/mol. The van der Waals surface area contributed by atoms with Crippen molar-refractivity contribution in [3.63, 3.8) is 0 Å². The molecule has 0 fully saturated rings. The third-order valence-electron chi connectivity index (χ3n) is 3.69. The normalized spacial score (nSPS) is 11.2. The lowest BCUT2D eigenvalue weighted by molar-refractivity contribution is 0.0997. The number of ether oxygens (including phenoxy) is 1. The predicted octanol–water partition coefficient (Wildman–Crippen LogP) is 2.99. The molecule has 0 aliphatic carbocycles. The van der Waals surface area contributed by atoms with Crippen LogP contribution in [0.15, 0.2) is 63.9 Å². The molecule has 1 heterocycles. The van der Waals surface area contributed by atoms with E-state index >= 15 is 0 Å². The van der Waals surface area contributed by atoms with Crippen LogP contribution in [-0.2, 0) is 10.0 Å². The molecule has 0 bridgehead atoms. The van der Waals surface area contributed by atoms with Gasteiger partial charge < -0.3 is 14.5 Å². The maximum absolute atomic E-state index is 13.0. The summed E-state index contributed by atoms with van der Waals surface area (Å²) in [5, 5.41) is 7.68. The lowest BCUT2D eigenvalue weighted by Crippen LogP contribution is -2.15. The molecule has 0 aliphatic heterocycles. The summed E-state index contributed by atoms with van der Waals surface area (Å²) in [5.41, 5.74) is 0.806. The molecule has 3 aromatic rings. The summed E-state index contributed by atoms with van der Waals surface area (Å²) in [6.07, 6.45) is 0. The highest BCUT2D eigenvalue weighted by molar-refractivity contribution is 7.89. The summed E-state index contributed by atoms with van der Waals surface area (Å²) < 4.78 is 46.7. The summed E-state index contributed by atoms with van der Waals surface area (Å²) in [5.74, 6) is -0.517. The summed E-state index contributed by atoms with van der Waals surface area (Å²) in [6, 6.07) is 12.7. The number of nitrogens with two attached hydrogens (primary N) is 1. The van der Waals surface area contributed by atoms with Gasteiger partial charge in [0.15, 0.2) is 5.76 Å². The zero-order valence-electron chi connectivity index (χ0n) is 14.1. The number of halogens is 1. The van der Waals surface area contributed by atoms with Crippen LogP contribution in [0.4, 0.5) is 10.1 Å². The zero-order chi connectivity index (χ0) is 19.6. The third kappa shape index (κ3) is 4.15. The van der Waals surface area contributed by atoms with Crippen LogP contribution < -0.4 is 15.2 Å². The van der Waals surface area contributed by atoms with E-state index in [2.05, 4.69) is 5.32 Å². The van der Waals surface area contributed by atoms with E-state index in [1.807, 2.05) is 0 Å². The fraction of sp³-hybridized carbons (Fsp3) is 0.0556. The maximum Gasteiger partial charge on any atom is 0.291 e. The molecule has 140 valence electrons. The van der Waals surface area contributed by atoms with Crippen molar-refractivity contribution in [3.05, 3.63) is 66.2 Å². The number of hydrogen-bond acceptors (Lipinski definition) is 5. The number of anilines is 1. The summed E-state index contributed by atoms with van der Waals surface area (Å²) in [6.45, 7) is 0. The van der Waals surface area contributed by atoms with E-state index in [-0.39, 0.29) is 27.9 Å². The van der Waals surface area contributed by atoms with E-state index < -0.39 is 15.9 Å². The Morgan fingerprint density at radius 2 is 1.81 bits per heavy atom. The van der Waals surface area contributed by atoms with Crippen molar-refractivity contribution in [1.82, 2.24) is 0 Å². The average molecular weight is 390 g/mol. The summed E-state index contributed by atoms with van der Waals surface area (Å²) in [7, 11) is -2.73. The molecule has 7 nitrogen and oxygen atoms in total. The van der Waals surface area contributed by atoms with Crippen molar-refractivity contribution in [2.45, 2.75) is 4.90 Å². The standard InChI is InChI=1S/C18H15FN2O5S/c1-25-15-7-6-13(10-17(15)27(20,23)24)21-18(22)16-9-8-14(26-16)11-2-4-12(19)5-3-11/h2-10H,1H3,(H,21,22)(H2,20,23,24). The fourth-order valence-electron chi connectivity index (χ4n) is 2.40. The van der Waals surface area contributed by atoms with Crippen LogP contribution in [0.1, 0.15) is 10.6 Å². The zero-order valence-corrected chi connectivity index (χ0v) is 14.9. The van der Waals surface area contributed by atoms with Crippen molar-refractivity contribution >= 4 is 21.6 Å². The number of nitrogens with one attached hydrogen (secondary N) is 1. The van der Waals surface area contributed by atoms with Crippen molar-refractivity contribution in [2.24, 2.45) is 5.14 Å². The van der Waals surface area contributed by atoms with Gasteiger partial charge in [0.05, 0.1) is 7.11 Å². The minimum atomic E-state index is -4.03. The number of amides is 1. The van der Waals surface area contributed by atoms with Gasteiger partial charge in [0.2, 0.25) is 10.0 Å². The molecule has 0 spiro atoms. The van der Waals surface area contributed by atoms with Crippen LogP contribution in [0.2, 0.25) is 0 Å². The van der Waals surface area contributed by atoms with E-state index in [0.29, 0.717) is 11.3 Å². The lowest BCUT2D eigenvalue weighted by Gasteiger charge is -2.09. The first-order valence-corrected chi connectivity index (χ1v) is 9.20. The van der Waals surface area contributed by atoms with Gasteiger partial charge >= 0.3 is 0 Å². The van der Waals surface area contributed by atoms with Gasteiger partial charge in [-0.05, 0) is 54.6 Å². The SMILES string of the molecule is COc1ccc(NC(=O)c2ccc(-c3ccc(F)cc3)o2)cc1S(N)(=O)=O. The van der Waals surface area contributed by atoms with Gasteiger partial charge in [-0.15, -0.1) is 0 Å². The Balaban J connectivity index is 1.83. The average Bonchev–Trinajstić information content (AvgIpc) is 3.12. The van der Waals surface area contributed by atoms with Gasteiger partial charge in [-0.3, -0.25) is 4.79 Å². The molecule has 9 heteroatoms. The Morgan fingerprint density at radius 1 is 1.11 bits per heavy atom. The smallest absolute Gasteiger partial charge is 0.291 e. The van der Waals surface area contributed by atoms with Gasteiger partial charge in [0, 0.05) is 11.3 Å². The number of carbonyl (C=O) groups is 1. The number of methoxy groups -OCH3 is 1. The number of sulfonamides is 1. The molecule has 3 rings (SSSR count). The van der Waals surface area contributed by atoms with Crippen molar-refractivity contribution in [3.8, 4) is 17.1 Å². The van der Waals surface area contributed by atoms with E-state index in [1.165, 1.54) is 55.6 Å². The minimum Gasteiger partial charge on any atom is -0.495 e. The Morgan fingerprint density at radius 3 is 2.44 bits per heavy atom. The second kappa shape index (κ2) is 7.22. The molecule has 0 saturated heterocycles. The highest BCUT2D eigenvalue weighted by Gasteiger charge is 2.18. The van der Waals surface area contributed by atoms with Crippen molar-refractivity contribution < 1.29 is 26.8 Å². The highest BCUT2D eigenvalue weighted by Crippen LogP contribution is 2.27. The van der Waals surface area contributed by atoms with Crippen molar-refractivity contribution in [2.75, 3.05) is 12.4 Å². The first kappa shape index (κ1) is 18.6. The van der Waals surface area contributed by atoms with E-state index in [0.717, 1.165) is 0 Å². The van der Waals surface area contributed by atoms with E-state index in [4.69, 9.17) is 14.3 Å². The Labute approximate surface area is 154 Å². The molecule has 27 heavy (non-hydrogen) atoms. The third-order valence-corrected chi connectivity index (χ3v) is 4.62. The molecular formula is C18H15FN2O5S. The Bertz CT molecular complexity index is 1090. The topological polar surface area (TPSA) is 112 Å². The number of furan rings is 1. The highest BCUT2D eigenvalue weighted by atomic mass is 32.2. The molecule has 0 atom stereocenters. The van der Waals surface area contributed by atoms with Gasteiger partial charge in [0.1, 0.15) is 22.2 Å². The van der Waals surface area contributed by atoms with Gasteiger partial charge in [-0.25, -0.2) is 17.9 Å². The number of hydrogen-bond donors (Lipinski definition) is 2. The molecule has 0 unspecified atom stereocenters. The number of benzene rings is 2. The molecule has 0 saturated carbocycles. The van der Waals surface area contributed by atoms with Crippen LogP contribution in [0.25, 0.3) is 11.3 Å². The largest absolute Gasteiger partial charge is 0.495 e. The Kier molecular flexibility index (Phi) is 4.98. The van der Waals surface area contributed by atoms with Crippen LogP contribution in [-0.4, -0.2) is 21.4 Å². The Hall–Kier alpha value is -3.17. The summed E-state index contributed by atoms with van der Waals surface area (Å²) >= 11 is 0. The fourth-order valence-corrected chi connectivity index (χ4v) is 3.12. The number of rotatable bonds is 5. The van der Waals surface area contributed by atoms with E-state index in [1.54, 1.807) is 6.07 Å². The second-order valence-electron chi connectivity index (χ2n) is 5.54. The summed E-state index contributed by atoms with van der Waals surface area (Å²) in [4.78, 5) is 12.1. The minimum absolute atomic E-state index is 0.00213. The number of carbonyl (C=O) groups excluding carboxylic acids is 1. The first-order chi connectivity index (χ1) is 12.8. The quantitative estimate of drug-likeness (QED) is 0.696.